The van der Waals surface area contributed by atoms with Crippen molar-refractivity contribution < 1.29 is 0 Å². The summed E-state index contributed by atoms with van der Waals surface area (Å²) in [6, 6.07) is 1.70. The van der Waals surface area contributed by atoms with Gasteiger partial charge in [0.2, 0.25) is 0 Å². The molecule has 0 radical (unpaired) electrons. The molecule has 17 heavy (non-hydrogen) atoms. The highest BCUT2D eigenvalue weighted by Gasteiger charge is 2.16. The minimum absolute atomic E-state index is 0.249. The largest absolute Gasteiger partial charge is 0.389 e. The van der Waals surface area contributed by atoms with Crippen LogP contribution in [-0.2, 0) is 0 Å². The maximum Gasteiger partial charge on any atom is 0.186 e. The molecule has 0 aromatic carbocycles. The molecule has 0 spiro atoms. The molecule has 7 heteroatoms. The number of rotatable bonds is 2. The number of hydrogen-bond donors (Lipinski definition) is 1. The first-order chi connectivity index (χ1) is 8.02. The second-order valence-electron chi connectivity index (χ2n) is 3.53. The fourth-order valence-corrected chi connectivity index (χ4v) is 1.78. The summed E-state index contributed by atoms with van der Waals surface area (Å²) >= 11 is 11.1. The zero-order valence-corrected chi connectivity index (χ0v) is 10.9. The molecule has 88 valence electrons. The zero-order valence-electron chi connectivity index (χ0n) is 9.31. The van der Waals surface area contributed by atoms with Gasteiger partial charge in [0.25, 0.3) is 0 Å². The second-order valence-corrected chi connectivity index (χ2v) is 4.35. The summed E-state index contributed by atoms with van der Waals surface area (Å²) in [5.74, 6) is 0.493. The van der Waals surface area contributed by atoms with Crippen molar-refractivity contribution in [3.05, 3.63) is 34.2 Å². The van der Waals surface area contributed by atoms with Crippen LogP contribution < -0.4 is 5.73 Å². The first-order valence-corrected chi connectivity index (χ1v) is 5.64. The fourth-order valence-electron chi connectivity index (χ4n) is 1.50. The molecule has 0 atom stereocenters. The Morgan fingerprint density at radius 2 is 2.18 bits per heavy atom. The van der Waals surface area contributed by atoms with E-state index < -0.39 is 0 Å². The SMILES string of the molecule is Cc1nn(-c2nnccc2C(N)=S)c(C)c1Cl. The van der Waals surface area contributed by atoms with Gasteiger partial charge in [-0.2, -0.15) is 10.2 Å². The molecule has 0 aliphatic heterocycles. The number of thiocarbonyl (C=S) groups is 1. The molecule has 0 saturated heterocycles. The Kier molecular flexibility index (Phi) is 3.08. The van der Waals surface area contributed by atoms with Gasteiger partial charge in [0.05, 0.1) is 28.2 Å². The number of nitrogens with two attached hydrogens (primary N) is 1. The lowest BCUT2D eigenvalue weighted by Gasteiger charge is -2.07. The van der Waals surface area contributed by atoms with Gasteiger partial charge in [-0.25, -0.2) is 4.68 Å². The van der Waals surface area contributed by atoms with Crippen LogP contribution in [0.3, 0.4) is 0 Å². The normalized spacial score (nSPS) is 10.5. The van der Waals surface area contributed by atoms with Crippen LogP contribution in [0.4, 0.5) is 0 Å². The molecule has 2 aromatic rings. The smallest absolute Gasteiger partial charge is 0.186 e. The van der Waals surface area contributed by atoms with Gasteiger partial charge in [0.1, 0.15) is 4.99 Å². The molecule has 2 N–H and O–H groups in total. The van der Waals surface area contributed by atoms with Crippen LogP contribution in [0.15, 0.2) is 12.3 Å². The predicted octanol–water partition coefficient (Wildman–Crippen LogP) is 1.57. The molecule has 2 aromatic heterocycles. The van der Waals surface area contributed by atoms with Crippen molar-refractivity contribution in [2.75, 3.05) is 0 Å². The van der Waals surface area contributed by atoms with E-state index in [1.165, 1.54) is 6.20 Å². The Bertz CT molecular complexity index is 592. The van der Waals surface area contributed by atoms with E-state index in [4.69, 9.17) is 29.6 Å². The van der Waals surface area contributed by atoms with Crippen molar-refractivity contribution in [3.63, 3.8) is 0 Å². The highest BCUT2D eigenvalue weighted by atomic mass is 35.5. The van der Waals surface area contributed by atoms with Crippen LogP contribution in [-0.4, -0.2) is 25.0 Å². The lowest BCUT2D eigenvalue weighted by Crippen LogP contribution is -2.16. The summed E-state index contributed by atoms with van der Waals surface area (Å²) in [4.78, 5) is 0.249. The van der Waals surface area contributed by atoms with Crippen LogP contribution >= 0.6 is 23.8 Å². The van der Waals surface area contributed by atoms with E-state index in [1.54, 1.807) is 10.7 Å². The highest BCUT2D eigenvalue weighted by Crippen LogP contribution is 2.22. The van der Waals surface area contributed by atoms with Crippen LogP contribution in [0.2, 0.25) is 5.02 Å². The molecule has 0 unspecified atom stereocenters. The van der Waals surface area contributed by atoms with E-state index in [1.807, 2.05) is 13.8 Å². The van der Waals surface area contributed by atoms with Gasteiger partial charge in [0, 0.05) is 0 Å². The molecule has 0 saturated carbocycles. The minimum atomic E-state index is 0.249. The van der Waals surface area contributed by atoms with E-state index in [0.717, 1.165) is 11.4 Å². The summed E-state index contributed by atoms with van der Waals surface area (Å²) in [5, 5.41) is 12.7. The quantitative estimate of drug-likeness (QED) is 0.837. The average molecular weight is 268 g/mol. The number of hydrogen-bond acceptors (Lipinski definition) is 4. The van der Waals surface area contributed by atoms with Gasteiger partial charge >= 0.3 is 0 Å². The second kappa shape index (κ2) is 4.38. The van der Waals surface area contributed by atoms with Gasteiger partial charge in [-0.05, 0) is 19.9 Å². The van der Waals surface area contributed by atoms with Crippen molar-refractivity contribution in [3.8, 4) is 5.82 Å². The highest BCUT2D eigenvalue weighted by molar-refractivity contribution is 7.80. The zero-order chi connectivity index (χ0) is 12.6. The Labute approximate surface area is 109 Å². The number of nitrogens with zero attached hydrogens (tertiary/aromatic N) is 4. The van der Waals surface area contributed by atoms with Gasteiger partial charge in [-0.3, -0.25) is 0 Å². The predicted molar refractivity (Wildman–Crippen MR) is 69.5 cm³/mol. The van der Waals surface area contributed by atoms with E-state index >= 15 is 0 Å². The van der Waals surface area contributed by atoms with Gasteiger partial charge in [0.15, 0.2) is 5.82 Å². The topological polar surface area (TPSA) is 69.6 Å². The van der Waals surface area contributed by atoms with Crippen LogP contribution in [0, 0.1) is 13.8 Å². The molecule has 0 fully saturated rings. The van der Waals surface area contributed by atoms with Crippen LogP contribution in [0.25, 0.3) is 5.82 Å². The number of aryl methyl sites for hydroxylation is 1. The summed E-state index contributed by atoms with van der Waals surface area (Å²) in [7, 11) is 0. The van der Waals surface area contributed by atoms with E-state index in [-0.39, 0.29) is 4.99 Å². The Morgan fingerprint density at radius 3 is 2.71 bits per heavy atom. The standard InChI is InChI=1S/C10H10ClN5S/c1-5-8(11)6(2)16(15-5)10-7(9(12)17)3-4-13-14-10/h3-4H,1-2H3,(H2,12,17). The van der Waals surface area contributed by atoms with E-state index in [2.05, 4.69) is 15.3 Å². The molecule has 0 aliphatic carbocycles. The molecule has 0 aliphatic rings. The maximum absolute atomic E-state index is 6.08. The summed E-state index contributed by atoms with van der Waals surface area (Å²) in [6.45, 7) is 3.67. The third-order valence-corrected chi connectivity index (χ3v) is 3.14. The average Bonchev–Trinajstić information content (AvgIpc) is 2.57. The number of halogens is 1. The third-order valence-electron chi connectivity index (χ3n) is 2.37. The molecule has 0 bridgehead atoms. The van der Waals surface area contributed by atoms with Crippen molar-refractivity contribution in [1.29, 1.82) is 0 Å². The molecule has 2 rings (SSSR count). The molecule has 0 amide bonds. The third kappa shape index (κ3) is 2.01. The van der Waals surface area contributed by atoms with Crippen LogP contribution in [0.5, 0.6) is 0 Å². The van der Waals surface area contributed by atoms with E-state index in [9.17, 15) is 0 Å². The van der Waals surface area contributed by atoms with Crippen molar-refractivity contribution >= 4 is 28.8 Å². The lowest BCUT2D eigenvalue weighted by atomic mass is 10.3. The van der Waals surface area contributed by atoms with Crippen molar-refractivity contribution in [2.45, 2.75) is 13.8 Å². The molecule has 5 nitrogen and oxygen atoms in total. The lowest BCUT2D eigenvalue weighted by molar-refractivity contribution is 0.779. The molecular weight excluding hydrogens is 258 g/mol. The van der Waals surface area contributed by atoms with Gasteiger partial charge in [-0.15, -0.1) is 5.10 Å². The fraction of sp³-hybridized carbons (Fsp3) is 0.200. The Morgan fingerprint density at radius 1 is 1.47 bits per heavy atom. The van der Waals surface area contributed by atoms with Gasteiger partial charge in [-0.1, -0.05) is 23.8 Å². The Balaban J connectivity index is 2.68. The van der Waals surface area contributed by atoms with Crippen molar-refractivity contribution in [2.24, 2.45) is 5.73 Å². The Hall–Kier alpha value is -1.53. The summed E-state index contributed by atoms with van der Waals surface area (Å²) < 4.78 is 1.60. The van der Waals surface area contributed by atoms with Crippen LogP contribution in [0.1, 0.15) is 17.0 Å². The van der Waals surface area contributed by atoms with E-state index in [0.29, 0.717) is 16.4 Å². The van der Waals surface area contributed by atoms with Gasteiger partial charge < -0.3 is 5.73 Å². The van der Waals surface area contributed by atoms with Crippen molar-refractivity contribution in [1.82, 2.24) is 20.0 Å². The molecular formula is C10H10ClN5S. The monoisotopic (exact) mass is 267 g/mol. The molecule has 2 heterocycles. The first kappa shape index (κ1) is 11.9. The summed E-state index contributed by atoms with van der Waals surface area (Å²) in [5.41, 5.74) is 7.76. The first-order valence-electron chi connectivity index (χ1n) is 4.86. The number of aromatic nitrogens is 4. The minimum Gasteiger partial charge on any atom is -0.389 e. The summed E-state index contributed by atoms with van der Waals surface area (Å²) in [6.07, 6.45) is 1.53. The maximum atomic E-state index is 6.08.